The van der Waals surface area contributed by atoms with Gasteiger partial charge in [-0.1, -0.05) is 6.07 Å². The zero-order valence-electron chi connectivity index (χ0n) is 9.29. The number of amides is 1. The van der Waals surface area contributed by atoms with Crippen LogP contribution in [0.2, 0.25) is 0 Å². The molecule has 1 saturated heterocycles. The molecule has 1 aromatic carbocycles. The van der Waals surface area contributed by atoms with Crippen molar-refractivity contribution < 1.29 is 4.79 Å². The summed E-state index contributed by atoms with van der Waals surface area (Å²) in [4.78, 5) is 13.6. The Kier molecular flexibility index (Phi) is 3.49. The van der Waals surface area contributed by atoms with Gasteiger partial charge in [-0.05, 0) is 47.0 Å². The Morgan fingerprint density at radius 1 is 1.44 bits per heavy atom. The SMILES string of the molecule is Cc1ccc(N2CCCNC(=O)C2)c(Br)c1. The highest BCUT2D eigenvalue weighted by Crippen LogP contribution is 2.27. The van der Waals surface area contributed by atoms with Crippen molar-refractivity contribution in [3.05, 3.63) is 28.2 Å². The standard InChI is InChI=1S/C12H15BrN2O/c1-9-3-4-11(10(13)7-9)15-6-2-5-14-12(16)8-15/h3-4,7H,2,5-6,8H2,1H3,(H,14,16). The van der Waals surface area contributed by atoms with Crippen molar-refractivity contribution in [3.8, 4) is 0 Å². The van der Waals surface area contributed by atoms with Gasteiger partial charge in [-0.15, -0.1) is 0 Å². The Morgan fingerprint density at radius 3 is 3.00 bits per heavy atom. The van der Waals surface area contributed by atoms with Crippen molar-refractivity contribution in [1.82, 2.24) is 5.32 Å². The number of anilines is 1. The second kappa shape index (κ2) is 4.87. The number of rotatable bonds is 1. The predicted molar refractivity (Wildman–Crippen MR) is 68.7 cm³/mol. The first-order valence-electron chi connectivity index (χ1n) is 5.44. The van der Waals surface area contributed by atoms with Crippen LogP contribution in [0.15, 0.2) is 22.7 Å². The molecule has 0 atom stereocenters. The van der Waals surface area contributed by atoms with E-state index in [2.05, 4.69) is 51.3 Å². The molecule has 0 radical (unpaired) electrons. The Labute approximate surface area is 104 Å². The molecular weight excluding hydrogens is 268 g/mol. The van der Waals surface area contributed by atoms with Crippen LogP contribution in [0.1, 0.15) is 12.0 Å². The minimum absolute atomic E-state index is 0.102. The predicted octanol–water partition coefficient (Wildman–Crippen LogP) is 2.08. The molecule has 1 aliphatic rings. The summed E-state index contributed by atoms with van der Waals surface area (Å²) in [6, 6.07) is 6.22. The van der Waals surface area contributed by atoms with Gasteiger partial charge in [-0.2, -0.15) is 0 Å². The van der Waals surface area contributed by atoms with Crippen LogP contribution in [0.5, 0.6) is 0 Å². The molecule has 2 rings (SSSR count). The minimum atomic E-state index is 0.102. The smallest absolute Gasteiger partial charge is 0.239 e. The van der Waals surface area contributed by atoms with E-state index in [0.29, 0.717) is 6.54 Å². The number of nitrogens with one attached hydrogen (secondary N) is 1. The Morgan fingerprint density at radius 2 is 2.25 bits per heavy atom. The van der Waals surface area contributed by atoms with Crippen molar-refractivity contribution in [2.75, 3.05) is 24.5 Å². The van der Waals surface area contributed by atoms with E-state index in [-0.39, 0.29) is 5.91 Å². The minimum Gasteiger partial charge on any atom is -0.361 e. The second-order valence-corrected chi connectivity index (χ2v) is 4.93. The zero-order chi connectivity index (χ0) is 11.5. The monoisotopic (exact) mass is 282 g/mol. The van der Waals surface area contributed by atoms with Gasteiger partial charge in [0.25, 0.3) is 0 Å². The first-order chi connectivity index (χ1) is 7.66. The van der Waals surface area contributed by atoms with Crippen molar-refractivity contribution in [1.29, 1.82) is 0 Å². The normalized spacial score (nSPS) is 16.9. The fraction of sp³-hybridized carbons (Fsp3) is 0.417. The molecule has 0 spiro atoms. The highest BCUT2D eigenvalue weighted by atomic mass is 79.9. The maximum Gasteiger partial charge on any atom is 0.239 e. The van der Waals surface area contributed by atoms with Gasteiger partial charge in [0.1, 0.15) is 0 Å². The van der Waals surface area contributed by atoms with Gasteiger partial charge in [0.2, 0.25) is 5.91 Å². The average molecular weight is 283 g/mol. The molecule has 1 aromatic rings. The van der Waals surface area contributed by atoms with Gasteiger partial charge in [0.15, 0.2) is 0 Å². The van der Waals surface area contributed by atoms with E-state index in [1.54, 1.807) is 0 Å². The molecular formula is C12H15BrN2O. The molecule has 1 heterocycles. The van der Waals surface area contributed by atoms with Gasteiger partial charge in [-0.3, -0.25) is 4.79 Å². The van der Waals surface area contributed by atoms with Crippen molar-refractivity contribution in [2.24, 2.45) is 0 Å². The van der Waals surface area contributed by atoms with Gasteiger partial charge in [0, 0.05) is 17.6 Å². The van der Waals surface area contributed by atoms with Crippen LogP contribution < -0.4 is 10.2 Å². The largest absolute Gasteiger partial charge is 0.361 e. The van der Waals surface area contributed by atoms with Crippen LogP contribution >= 0.6 is 15.9 Å². The maximum atomic E-state index is 11.5. The summed E-state index contributed by atoms with van der Waals surface area (Å²) < 4.78 is 1.06. The lowest BCUT2D eigenvalue weighted by molar-refractivity contribution is -0.119. The van der Waals surface area contributed by atoms with E-state index in [9.17, 15) is 4.79 Å². The third kappa shape index (κ3) is 2.55. The molecule has 4 heteroatoms. The zero-order valence-corrected chi connectivity index (χ0v) is 10.9. The van der Waals surface area contributed by atoms with Crippen molar-refractivity contribution >= 4 is 27.5 Å². The highest BCUT2D eigenvalue weighted by Gasteiger charge is 2.16. The van der Waals surface area contributed by atoms with E-state index in [0.717, 1.165) is 29.7 Å². The number of carbonyl (C=O) groups excluding carboxylic acids is 1. The first kappa shape index (κ1) is 11.5. The van der Waals surface area contributed by atoms with Gasteiger partial charge < -0.3 is 10.2 Å². The van der Waals surface area contributed by atoms with E-state index < -0.39 is 0 Å². The van der Waals surface area contributed by atoms with E-state index in [1.807, 2.05) is 0 Å². The summed E-state index contributed by atoms with van der Waals surface area (Å²) >= 11 is 3.55. The summed E-state index contributed by atoms with van der Waals surface area (Å²) in [6.07, 6.45) is 0.992. The molecule has 16 heavy (non-hydrogen) atoms. The van der Waals surface area contributed by atoms with Crippen molar-refractivity contribution in [3.63, 3.8) is 0 Å². The van der Waals surface area contributed by atoms with Gasteiger partial charge in [0.05, 0.1) is 12.2 Å². The molecule has 1 N–H and O–H groups in total. The maximum absolute atomic E-state index is 11.5. The number of halogens is 1. The number of carbonyl (C=O) groups is 1. The number of benzene rings is 1. The quantitative estimate of drug-likeness (QED) is 0.856. The van der Waals surface area contributed by atoms with Crippen molar-refractivity contribution in [2.45, 2.75) is 13.3 Å². The molecule has 3 nitrogen and oxygen atoms in total. The Bertz CT molecular complexity index is 406. The van der Waals surface area contributed by atoms with Crippen LogP contribution in [-0.4, -0.2) is 25.5 Å². The molecule has 1 fully saturated rings. The third-order valence-corrected chi connectivity index (χ3v) is 3.34. The summed E-state index contributed by atoms with van der Waals surface area (Å²) in [5.74, 6) is 0.102. The van der Waals surface area contributed by atoms with E-state index >= 15 is 0 Å². The van der Waals surface area contributed by atoms with Crippen LogP contribution in [-0.2, 0) is 4.79 Å². The van der Waals surface area contributed by atoms with E-state index in [1.165, 1.54) is 5.56 Å². The summed E-state index contributed by atoms with van der Waals surface area (Å²) in [7, 11) is 0. The molecule has 86 valence electrons. The van der Waals surface area contributed by atoms with Crippen LogP contribution in [0.4, 0.5) is 5.69 Å². The Hall–Kier alpha value is -1.03. The van der Waals surface area contributed by atoms with Gasteiger partial charge in [-0.25, -0.2) is 0 Å². The molecule has 0 unspecified atom stereocenters. The van der Waals surface area contributed by atoms with Crippen LogP contribution in [0.3, 0.4) is 0 Å². The fourth-order valence-electron chi connectivity index (χ4n) is 1.88. The summed E-state index contributed by atoms with van der Waals surface area (Å²) in [5.41, 5.74) is 2.32. The molecule has 0 bridgehead atoms. The molecule has 0 saturated carbocycles. The van der Waals surface area contributed by atoms with Gasteiger partial charge >= 0.3 is 0 Å². The topological polar surface area (TPSA) is 32.3 Å². The molecule has 0 aromatic heterocycles. The first-order valence-corrected chi connectivity index (χ1v) is 6.24. The summed E-state index contributed by atoms with van der Waals surface area (Å²) in [6.45, 7) is 4.20. The third-order valence-electron chi connectivity index (χ3n) is 2.71. The van der Waals surface area contributed by atoms with Crippen LogP contribution in [0, 0.1) is 6.92 Å². The molecule has 1 aliphatic heterocycles. The lowest BCUT2D eigenvalue weighted by Crippen LogP contribution is -2.33. The Balaban J connectivity index is 2.24. The number of hydrogen-bond acceptors (Lipinski definition) is 2. The number of aryl methyl sites for hydroxylation is 1. The number of nitrogens with zero attached hydrogens (tertiary/aromatic N) is 1. The molecule has 1 amide bonds. The number of hydrogen-bond donors (Lipinski definition) is 1. The lowest BCUT2D eigenvalue weighted by Gasteiger charge is -2.22. The summed E-state index contributed by atoms with van der Waals surface area (Å²) in [5, 5.41) is 2.88. The average Bonchev–Trinajstić information content (AvgIpc) is 2.43. The molecule has 0 aliphatic carbocycles. The second-order valence-electron chi connectivity index (χ2n) is 4.08. The fourth-order valence-corrected chi connectivity index (χ4v) is 2.62. The van der Waals surface area contributed by atoms with Crippen LogP contribution in [0.25, 0.3) is 0 Å². The van der Waals surface area contributed by atoms with E-state index in [4.69, 9.17) is 0 Å². The lowest BCUT2D eigenvalue weighted by atomic mass is 10.2. The highest BCUT2D eigenvalue weighted by molar-refractivity contribution is 9.10.